The standard InChI is InChI=1S/C25H30ClN5O.2ClH/c1-15-10-20(31-13-17(3)30(5)18(4)14-31)7-8-21(15)25(32)29-19-6-9-23(26)22(11-19)24-27-12-16(2)28-24;;/h6-12,17-18H,13-14H2,1-5H3,(H,27,28)(H,29,32);2*1H/t17-,18+;;. The number of benzene rings is 2. The minimum Gasteiger partial charge on any atom is -0.368 e. The van der Waals surface area contributed by atoms with Crippen molar-refractivity contribution in [2.45, 2.75) is 39.8 Å². The monoisotopic (exact) mass is 523 g/mol. The molecule has 2 atom stereocenters. The third-order valence-corrected chi connectivity index (χ3v) is 6.69. The Morgan fingerprint density at radius 2 is 1.76 bits per heavy atom. The highest BCUT2D eigenvalue weighted by atomic mass is 35.5. The normalized spacial score (nSPS) is 18.1. The molecule has 0 aliphatic carbocycles. The summed E-state index contributed by atoms with van der Waals surface area (Å²) in [6.07, 6.45) is 1.75. The summed E-state index contributed by atoms with van der Waals surface area (Å²) in [5, 5.41) is 3.58. The molecule has 2 aromatic carbocycles. The van der Waals surface area contributed by atoms with Crippen molar-refractivity contribution in [2.24, 2.45) is 0 Å². The van der Waals surface area contributed by atoms with Crippen LogP contribution in [0.1, 0.15) is 35.5 Å². The highest BCUT2D eigenvalue weighted by Gasteiger charge is 2.27. The number of hydrogen-bond acceptors (Lipinski definition) is 4. The van der Waals surface area contributed by atoms with Crippen molar-refractivity contribution in [3.63, 3.8) is 0 Å². The average Bonchev–Trinajstić information content (AvgIpc) is 3.18. The summed E-state index contributed by atoms with van der Waals surface area (Å²) in [6, 6.07) is 12.5. The summed E-state index contributed by atoms with van der Waals surface area (Å²) >= 11 is 6.36. The number of halogens is 3. The van der Waals surface area contributed by atoms with Gasteiger partial charge in [0.1, 0.15) is 5.82 Å². The van der Waals surface area contributed by atoms with E-state index in [1.165, 1.54) is 0 Å². The molecule has 1 amide bonds. The molecule has 0 bridgehead atoms. The zero-order valence-corrected chi connectivity index (χ0v) is 22.4. The van der Waals surface area contributed by atoms with Gasteiger partial charge in [-0.25, -0.2) is 4.98 Å². The molecule has 1 aromatic heterocycles. The number of piperazine rings is 1. The largest absolute Gasteiger partial charge is 0.368 e. The van der Waals surface area contributed by atoms with Crippen molar-refractivity contribution in [2.75, 3.05) is 30.4 Å². The number of likely N-dealkylation sites (N-methyl/N-ethyl adjacent to an activating group) is 1. The number of carbonyl (C=O) groups excluding carboxylic acids is 1. The second kappa shape index (κ2) is 11.5. The molecule has 0 radical (unpaired) electrons. The molecule has 9 heteroatoms. The van der Waals surface area contributed by atoms with Gasteiger partial charge in [0, 0.05) is 59.6 Å². The van der Waals surface area contributed by atoms with Gasteiger partial charge in [0.05, 0.1) is 5.02 Å². The Bertz CT molecular complexity index is 1140. The second-order valence-corrected chi connectivity index (χ2v) is 9.24. The zero-order chi connectivity index (χ0) is 23.0. The number of nitrogens with zero attached hydrogens (tertiary/aromatic N) is 3. The summed E-state index contributed by atoms with van der Waals surface area (Å²) in [7, 11) is 2.18. The lowest BCUT2D eigenvalue weighted by Crippen LogP contribution is -2.55. The molecular formula is C25H32Cl3N5O. The molecule has 0 unspecified atom stereocenters. The number of anilines is 2. The van der Waals surface area contributed by atoms with Crippen LogP contribution in [0.2, 0.25) is 5.02 Å². The van der Waals surface area contributed by atoms with E-state index in [9.17, 15) is 4.79 Å². The Hall–Kier alpha value is -2.25. The number of aryl methyl sites for hydroxylation is 2. The predicted molar refractivity (Wildman–Crippen MR) is 146 cm³/mol. The number of aromatic amines is 1. The van der Waals surface area contributed by atoms with Crippen molar-refractivity contribution < 1.29 is 4.79 Å². The van der Waals surface area contributed by atoms with Gasteiger partial charge in [-0.1, -0.05) is 11.6 Å². The number of aromatic nitrogens is 2. The van der Waals surface area contributed by atoms with Crippen LogP contribution in [0.15, 0.2) is 42.6 Å². The Labute approximate surface area is 218 Å². The third-order valence-electron chi connectivity index (χ3n) is 6.36. The van der Waals surface area contributed by atoms with Crippen LogP contribution in [-0.2, 0) is 0 Å². The number of amides is 1. The molecule has 6 nitrogen and oxygen atoms in total. The first kappa shape index (κ1) is 28.0. The SMILES string of the molecule is Cc1cnc(-c2cc(NC(=O)c3ccc(N4C[C@@H](C)N(C)[C@@H](C)C4)cc3C)ccc2Cl)[nH]1.Cl.Cl. The van der Waals surface area contributed by atoms with Crippen LogP contribution < -0.4 is 10.2 Å². The van der Waals surface area contributed by atoms with Gasteiger partial charge in [0.25, 0.3) is 5.91 Å². The first-order valence-corrected chi connectivity index (χ1v) is 11.3. The van der Waals surface area contributed by atoms with Gasteiger partial charge in [-0.2, -0.15) is 0 Å². The maximum Gasteiger partial charge on any atom is 0.255 e. The summed E-state index contributed by atoms with van der Waals surface area (Å²) in [5.74, 6) is 0.540. The highest BCUT2D eigenvalue weighted by Crippen LogP contribution is 2.29. The van der Waals surface area contributed by atoms with Crippen LogP contribution in [0.5, 0.6) is 0 Å². The van der Waals surface area contributed by atoms with E-state index in [1.807, 2.05) is 32.0 Å². The van der Waals surface area contributed by atoms with Crippen molar-refractivity contribution >= 4 is 53.7 Å². The number of rotatable bonds is 4. The van der Waals surface area contributed by atoms with Crippen LogP contribution >= 0.6 is 36.4 Å². The van der Waals surface area contributed by atoms with Crippen molar-refractivity contribution in [1.29, 1.82) is 0 Å². The molecule has 4 rings (SSSR count). The molecule has 2 heterocycles. The summed E-state index contributed by atoms with van der Waals surface area (Å²) in [5.41, 5.74) is 5.15. The fourth-order valence-corrected chi connectivity index (χ4v) is 4.45. The molecule has 1 aliphatic rings. The number of nitrogens with one attached hydrogen (secondary N) is 2. The number of carbonyl (C=O) groups is 1. The molecule has 0 spiro atoms. The van der Waals surface area contributed by atoms with Crippen molar-refractivity contribution in [3.8, 4) is 11.4 Å². The topological polar surface area (TPSA) is 64.3 Å². The van der Waals surface area contributed by atoms with E-state index < -0.39 is 0 Å². The molecule has 1 fully saturated rings. The maximum absolute atomic E-state index is 13.0. The van der Waals surface area contributed by atoms with Crippen LogP contribution in [-0.4, -0.2) is 53.0 Å². The minimum absolute atomic E-state index is 0. The van der Waals surface area contributed by atoms with Crippen LogP contribution in [0.25, 0.3) is 11.4 Å². The molecule has 3 aromatic rings. The molecule has 0 saturated carbocycles. The van der Waals surface area contributed by atoms with Gasteiger partial charge >= 0.3 is 0 Å². The molecule has 34 heavy (non-hydrogen) atoms. The van der Waals surface area contributed by atoms with Gasteiger partial charge in [0.2, 0.25) is 0 Å². The summed E-state index contributed by atoms with van der Waals surface area (Å²) in [4.78, 5) is 25.4. The van der Waals surface area contributed by atoms with Gasteiger partial charge in [-0.3, -0.25) is 9.69 Å². The van der Waals surface area contributed by atoms with E-state index in [0.29, 0.717) is 34.2 Å². The third kappa shape index (κ3) is 5.87. The van der Waals surface area contributed by atoms with Gasteiger partial charge in [-0.05, 0) is 76.7 Å². The zero-order valence-electron chi connectivity index (χ0n) is 20.1. The van der Waals surface area contributed by atoms with Crippen molar-refractivity contribution in [1.82, 2.24) is 14.9 Å². The smallest absolute Gasteiger partial charge is 0.255 e. The van der Waals surface area contributed by atoms with E-state index in [1.54, 1.807) is 18.3 Å². The molecule has 1 aliphatic heterocycles. The summed E-state index contributed by atoms with van der Waals surface area (Å²) in [6.45, 7) is 10.4. The van der Waals surface area contributed by atoms with E-state index >= 15 is 0 Å². The first-order chi connectivity index (χ1) is 15.2. The summed E-state index contributed by atoms with van der Waals surface area (Å²) < 4.78 is 0. The quantitative estimate of drug-likeness (QED) is 0.441. The second-order valence-electron chi connectivity index (χ2n) is 8.83. The van der Waals surface area contributed by atoms with Crippen molar-refractivity contribution in [3.05, 3.63) is 64.4 Å². The van der Waals surface area contributed by atoms with Gasteiger partial charge in [0.15, 0.2) is 0 Å². The van der Waals surface area contributed by atoms with E-state index in [4.69, 9.17) is 11.6 Å². The van der Waals surface area contributed by atoms with E-state index in [0.717, 1.165) is 35.6 Å². The lowest BCUT2D eigenvalue weighted by Gasteiger charge is -2.43. The van der Waals surface area contributed by atoms with Gasteiger partial charge < -0.3 is 15.2 Å². The lowest BCUT2D eigenvalue weighted by atomic mass is 10.0. The average molecular weight is 525 g/mol. The minimum atomic E-state index is -0.141. The first-order valence-electron chi connectivity index (χ1n) is 10.9. The Morgan fingerprint density at radius 1 is 1.09 bits per heavy atom. The number of imidazole rings is 1. The van der Waals surface area contributed by atoms with Crippen LogP contribution in [0.3, 0.4) is 0 Å². The fraction of sp³-hybridized carbons (Fsp3) is 0.360. The van der Waals surface area contributed by atoms with Crippen LogP contribution in [0, 0.1) is 13.8 Å². The Balaban J connectivity index is 0.00000204. The van der Waals surface area contributed by atoms with Crippen LogP contribution in [0.4, 0.5) is 11.4 Å². The van der Waals surface area contributed by atoms with E-state index in [2.05, 4.69) is 52.0 Å². The lowest BCUT2D eigenvalue weighted by molar-refractivity contribution is 0.102. The maximum atomic E-state index is 13.0. The van der Waals surface area contributed by atoms with E-state index in [-0.39, 0.29) is 30.7 Å². The Morgan fingerprint density at radius 3 is 2.35 bits per heavy atom. The predicted octanol–water partition coefficient (Wildman–Crippen LogP) is 5.97. The molecule has 184 valence electrons. The molecule has 1 saturated heterocycles. The molecular weight excluding hydrogens is 493 g/mol. The highest BCUT2D eigenvalue weighted by molar-refractivity contribution is 6.33. The van der Waals surface area contributed by atoms with Gasteiger partial charge in [-0.15, -0.1) is 24.8 Å². The fourth-order valence-electron chi connectivity index (χ4n) is 4.25. The number of hydrogen-bond donors (Lipinski definition) is 2. The number of H-pyrrole nitrogens is 1. The molecule has 2 N–H and O–H groups in total. The Kier molecular flexibility index (Phi) is 9.43.